The van der Waals surface area contributed by atoms with Gasteiger partial charge in [-0.3, -0.25) is 4.55 Å². The van der Waals surface area contributed by atoms with Gasteiger partial charge in [-0.2, -0.15) is 8.42 Å². The molecular weight excluding hydrogens is 403 g/mol. The summed E-state index contributed by atoms with van der Waals surface area (Å²) in [5, 5.41) is 12.3. The van der Waals surface area contributed by atoms with Crippen molar-refractivity contribution in [2.45, 2.75) is 63.2 Å². The molecule has 0 radical (unpaired) electrons. The van der Waals surface area contributed by atoms with Crippen LogP contribution in [0.3, 0.4) is 0 Å². The summed E-state index contributed by atoms with van der Waals surface area (Å²) in [5.41, 5.74) is 0.715. The minimum absolute atomic E-state index is 0. The molecule has 0 unspecified atom stereocenters. The molecule has 7 heteroatoms. The Morgan fingerprint density at radius 3 is 2.18 bits per heavy atom. The van der Waals surface area contributed by atoms with Gasteiger partial charge in [-0.1, -0.05) is 75.5 Å². The zero-order valence-corrected chi connectivity index (χ0v) is 20.6. The van der Waals surface area contributed by atoms with E-state index in [1.54, 1.807) is 30.3 Å². The first-order chi connectivity index (χ1) is 12.9. The van der Waals surface area contributed by atoms with Crippen LogP contribution < -0.4 is 61.2 Å². The summed E-state index contributed by atoms with van der Waals surface area (Å²) >= 11 is 0. The van der Waals surface area contributed by atoms with Gasteiger partial charge in [-0.05, 0) is 36.6 Å². The minimum atomic E-state index is -4.68. The van der Waals surface area contributed by atoms with E-state index in [2.05, 4.69) is 6.92 Å². The number of benzene rings is 2. The predicted molar refractivity (Wildman–Crippen MR) is 104 cm³/mol. The third-order valence-electron chi connectivity index (χ3n) is 4.38. The van der Waals surface area contributed by atoms with Crippen LogP contribution in [0.15, 0.2) is 47.4 Å². The zero-order chi connectivity index (χ0) is 19.7. The van der Waals surface area contributed by atoms with Gasteiger partial charge in [0.1, 0.15) is 16.4 Å². The van der Waals surface area contributed by atoms with Crippen LogP contribution in [0.5, 0.6) is 17.2 Å². The van der Waals surface area contributed by atoms with Crippen molar-refractivity contribution in [3.05, 3.63) is 48.0 Å². The molecule has 0 aromatic heterocycles. The molecule has 0 aliphatic heterocycles. The van der Waals surface area contributed by atoms with Crippen LogP contribution in [0, 0.1) is 0 Å². The van der Waals surface area contributed by atoms with Crippen LogP contribution in [0.4, 0.5) is 0 Å². The first-order valence-corrected chi connectivity index (χ1v) is 10.9. The molecule has 2 aromatic carbocycles. The van der Waals surface area contributed by atoms with E-state index in [0.717, 1.165) is 19.3 Å². The number of aryl methyl sites for hydroxylation is 1. The van der Waals surface area contributed by atoms with Gasteiger partial charge in [0.15, 0.2) is 0 Å². The molecule has 0 fully saturated rings. The molecule has 5 nitrogen and oxygen atoms in total. The minimum Gasteiger partial charge on any atom is -0.871 e. The summed E-state index contributed by atoms with van der Waals surface area (Å²) in [5.74, 6) is -0.479. The molecule has 0 heterocycles. The summed E-state index contributed by atoms with van der Waals surface area (Å²) in [6, 6.07) is 11.4. The number of rotatable bonds is 11. The van der Waals surface area contributed by atoms with Crippen molar-refractivity contribution in [1.29, 1.82) is 0 Å². The van der Waals surface area contributed by atoms with Gasteiger partial charge in [-0.25, -0.2) is 0 Å². The van der Waals surface area contributed by atoms with E-state index in [1.807, 2.05) is 0 Å². The largest absolute Gasteiger partial charge is 1.00 e. The first-order valence-electron chi connectivity index (χ1n) is 9.46. The smallest absolute Gasteiger partial charge is 0.871 e. The number of unbranched alkanes of at least 4 members (excludes halogenated alkanes) is 6. The maximum atomic E-state index is 12.3. The third kappa shape index (κ3) is 8.53. The Labute approximate surface area is 210 Å². The van der Waals surface area contributed by atoms with Crippen molar-refractivity contribution in [3.8, 4) is 17.2 Å². The van der Waals surface area contributed by atoms with Crippen molar-refractivity contribution in [2.24, 2.45) is 0 Å². The Hall–Kier alpha value is -0.414. The number of hydrogen-bond donors (Lipinski definition) is 1. The molecule has 0 bridgehead atoms. The van der Waals surface area contributed by atoms with E-state index < -0.39 is 20.8 Å². The van der Waals surface area contributed by atoms with Crippen LogP contribution in [-0.2, 0) is 16.5 Å². The third-order valence-corrected chi connectivity index (χ3v) is 5.30. The molecule has 0 saturated heterocycles. The second-order valence-electron chi connectivity index (χ2n) is 6.68. The molecule has 2 rings (SSSR count). The Morgan fingerprint density at radius 2 is 1.57 bits per heavy atom. The van der Waals surface area contributed by atoms with Gasteiger partial charge in [-0.15, -0.1) is 0 Å². The second kappa shape index (κ2) is 13.0. The molecule has 1 N–H and O–H groups in total. The van der Waals surface area contributed by atoms with Crippen molar-refractivity contribution in [1.82, 2.24) is 0 Å². The fourth-order valence-electron chi connectivity index (χ4n) is 3.01. The van der Waals surface area contributed by atoms with Gasteiger partial charge >= 0.3 is 51.4 Å². The molecule has 0 aliphatic carbocycles. The van der Waals surface area contributed by atoms with Crippen LogP contribution >= 0.6 is 0 Å². The van der Waals surface area contributed by atoms with E-state index in [9.17, 15) is 18.1 Å². The summed E-state index contributed by atoms with van der Waals surface area (Å²) in [6.45, 7) is 2.19. The maximum absolute atomic E-state index is 12.3. The predicted octanol–water partition coefficient (Wildman–Crippen LogP) is 2.10. The standard InChI is InChI=1S/C21H28O5S.K/c1-2-3-4-5-6-7-9-12-17-15-19(22)21(27(23,24)25)20(16-17)26-18-13-10-8-11-14-18;/h8,10-11,13-16,22H,2-7,9,12H2,1H3,(H,23,24,25);/q;+1/p-1. The number of para-hydroxylation sites is 1. The quantitative estimate of drug-likeness (QED) is 0.335. The Kier molecular flexibility index (Phi) is 11.9. The summed E-state index contributed by atoms with van der Waals surface area (Å²) in [7, 11) is -4.68. The fourth-order valence-corrected chi connectivity index (χ4v) is 3.68. The van der Waals surface area contributed by atoms with Gasteiger partial charge in [0, 0.05) is 0 Å². The van der Waals surface area contributed by atoms with E-state index in [-0.39, 0.29) is 57.1 Å². The average Bonchev–Trinajstić information content (AvgIpc) is 2.60. The van der Waals surface area contributed by atoms with Crippen LogP contribution in [0.25, 0.3) is 0 Å². The normalized spacial score (nSPS) is 11.1. The maximum Gasteiger partial charge on any atom is 1.00 e. The van der Waals surface area contributed by atoms with Gasteiger partial charge in [0.05, 0.1) is 0 Å². The summed E-state index contributed by atoms with van der Waals surface area (Å²) < 4.78 is 38.3. The van der Waals surface area contributed by atoms with Gasteiger partial charge < -0.3 is 9.84 Å². The fraction of sp³-hybridized carbons (Fsp3) is 0.429. The molecule has 28 heavy (non-hydrogen) atoms. The van der Waals surface area contributed by atoms with E-state index in [1.165, 1.54) is 37.8 Å². The van der Waals surface area contributed by atoms with Crippen molar-refractivity contribution >= 4 is 10.1 Å². The van der Waals surface area contributed by atoms with Crippen LogP contribution in [0.1, 0.15) is 57.4 Å². The van der Waals surface area contributed by atoms with Gasteiger partial charge in [0.25, 0.3) is 10.1 Å². The SMILES string of the molecule is CCCCCCCCCc1cc([O-])c(S(=O)(=O)O)c(Oc2ccccc2)c1.[K+]. The monoisotopic (exact) mass is 430 g/mol. The number of hydrogen-bond acceptors (Lipinski definition) is 4. The van der Waals surface area contributed by atoms with E-state index in [4.69, 9.17) is 4.74 Å². The Morgan fingerprint density at radius 1 is 0.964 bits per heavy atom. The van der Waals surface area contributed by atoms with Crippen molar-refractivity contribution in [3.63, 3.8) is 0 Å². The Bertz CT molecular complexity index is 822. The van der Waals surface area contributed by atoms with Crippen molar-refractivity contribution in [2.75, 3.05) is 0 Å². The van der Waals surface area contributed by atoms with E-state index in [0.29, 0.717) is 17.7 Å². The molecule has 0 aliphatic rings. The Balaban J connectivity index is 0.00000392. The van der Waals surface area contributed by atoms with Crippen molar-refractivity contribution < 1.29 is 74.2 Å². The summed E-state index contributed by atoms with van der Waals surface area (Å²) in [4.78, 5) is -0.713. The summed E-state index contributed by atoms with van der Waals surface area (Å²) in [6.07, 6.45) is 8.74. The molecule has 0 spiro atoms. The topological polar surface area (TPSA) is 86.7 Å². The molecule has 2 aromatic rings. The number of ether oxygens (including phenoxy) is 1. The van der Waals surface area contributed by atoms with E-state index >= 15 is 0 Å². The second-order valence-corrected chi connectivity index (χ2v) is 8.04. The molecule has 0 saturated carbocycles. The van der Waals surface area contributed by atoms with Gasteiger partial charge in [0.2, 0.25) is 0 Å². The van der Waals surface area contributed by atoms with Crippen LogP contribution in [-0.4, -0.2) is 13.0 Å². The molecular formula is C21H27KO5S. The molecule has 0 amide bonds. The molecule has 0 atom stereocenters. The van der Waals surface area contributed by atoms with Crippen LogP contribution in [0.2, 0.25) is 0 Å². The first kappa shape index (κ1) is 25.6. The average molecular weight is 431 g/mol. The molecule has 148 valence electrons. The zero-order valence-electron chi connectivity index (χ0n) is 16.7.